The highest BCUT2D eigenvalue weighted by atomic mass is 32.2. The second-order valence-corrected chi connectivity index (χ2v) is 7.94. The van der Waals surface area contributed by atoms with Crippen LogP contribution < -0.4 is 9.47 Å². The number of pyridine rings is 1. The van der Waals surface area contributed by atoms with Gasteiger partial charge in [-0.1, -0.05) is 0 Å². The van der Waals surface area contributed by atoms with E-state index in [0.717, 1.165) is 12.1 Å². The van der Waals surface area contributed by atoms with Gasteiger partial charge in [0.1, 0.15) is 22.6 Å². The van der Waals surface area contributed by atoms with Gasteiger partial charge in [-0.15, -0.1) is 0 Å². The summed E-state index contributed by atoms with van der Waals surface area (Å²) in [7, 11) is -2.61. The zero-order chi connectivity index (χ0) is 19.4. The summed E-state index contributed by atoms with van der Waals surface area (Å²) in [5.74, 6) is -0.304. The average molecular weight is 391 g/mol. The van der Waals surface area contributed by atoms with Gasteiger partial charge in [0.25, 0.3) is 0 Å². The third-order valence-corrected chi connectivity index (χ3v) is 6.12. The third-order valence-electron chi connectivity index (χ3n) is 4.24. The molecule has 1 fully saturated rings. The van der Waals surface area contributed by atoms with Crippen LogP contribution in [0.1, 0.15) is 18.4 Å². The summed E-state index contributed by atoms with van der Waals surface area (Å²) >= 11 is 0. The van der Waals surface area contributed by atoms with Gasteiger partial charge in [0.05, 0.1) is 25.3 Å². The average Bonchev–Trinajstić information content (AvgIpc) is 2.68. The van der Waals surface area contributed by atoms with Crippen molar-refractivity contribution in [2.75, 3.05) is 20.2 Å². The molecule has 27 heavy (non-hydrogen) atoms. The van der Waals surface area contributed by atoms with E-state index in [1.807, 2.05) is 6.07 Å². The summed E-state index contributed by atoms with van der Waals surface area (Å²) in [6.07, 6.45) is 2.27. The number of sulfonamides is 1. The van der Waals surface area contributed by atoms with Gasteiger partial charge >= 0.3 is 0 Å². The fourth-order valence-electron chi connectivity index (χ4n) is 2.92. The number of aromatic nitrogens is 1. The number of nitriles is 1. The van der Waals surface area contributed by atoms with Crippen molar-refractivity contribution in [1.29, 1.82) is 5.26 Å². The van der Waals surface area contributed by atoms with Crippen molar-refractivity contribution < 1.29 is 22.3 Å². The van der Waals surface area contributed by atoms with Crippen LogP contribution in [-0.2, 0) is 10.0 Å². The Morgan fingerprint density at radius 2 is 2.15 bits per heavy atom. The minimum atomic E-state index is -3.95. The van der Waals surface area contributed by atoms with E-state index in [1.165, 1.54) is 29.7 Å². The molecule has 1 aliphatic rings. The fourth-order valence-corrected chi connectivity index (χ4v) is 4.60. The number of nitrogens with zero attached hydrogens (tertiary/aromatic N) is 3. The Balaban J connectivity index is 1.81. The van der Waals surface area contributed by atoms with Crippen LogP contribution in [0.2, 0.25) is 0 Å². The van der Waals surface area contributed by atoms with E-state index in [-0.39, 0.29) is 23.1 Å². The number of halogens is 1. The largest absolute Gasteiger partial charge is 0.495 e. The molecule has 1 atom stereocenters. The normalized spacial score (nSPS) is 17.9. The van der Waals surface area contributed by atoms with E-state index >= 15 is 0 Å². The van der Waals surface area contributed by atoms with Gasteiger partial charge in [-0.2, -0.15) is 9.57 Å². The summed E-state index contributed by atoms with van der Waals surface area (Å²) in [5, 5.41) is 8.95. The summed E-state index contributed by atoms with van der Waals surface area (Å²) in [6.45, 7) is 0.397. The molecule has 3 rings (SSSR count). The van der Waals surface area contributed by atoms with Crippen molar-refractivity contribution in [2.45, 2.75) is 23.8 Å². The number of hydrogen-bond donors (Lipinski definition) is 0. The fraction of sp³-hybridized carbons (Fsp3) is 0.333. The molecule has 1 aliphatic heterocycles. The first-order valence-electron chi connectivity index (χ1n) is 8.30. The Bertz CT molecular complexity index is 975. The van der Waals surface area contributed by atoms with E-state index in [9.17, 15) is 12.8 Å². The summed E-state index contributed by atoms with van der Waals surface area (Å²) in [6, 6.07) is 8.45. The molecule has 7 nitrogen and oxygen atoms in total. The molecule has 2 aromatic rings. The molecule has 1 saturated heterocycles. The molecule has 0 spiro atoms. The first-order chi connectivity index (χ1) is 12.9. The van der Waals surface area contributed by atoms with Crippen LogP contribution in [0.5, 0.6) is 11.6 Å². The van der Waals surface area contributed by atoms with Crippen LogP contribution in [-0.4, -0.2) is 44.0 Å². The van der Waals surface area contributed by atoms with Crippen molar-refractivity contribution in [3.05, 3.63) is 47.9 Å². The molecule has 1 aromatic carbocycles. The molecule has 0 aliphatic carbocycles. The van der Waals surface area contributed by atoms with Gasteiger partial charge in [-0.3, -0.25) is 0 Å². The Morgan fingerprint density at radius 3 is 2.89 bits per heavy atom. The van der Waals surface area contributed by atoms with Crippen molar-refractivity contribution in [3.63, 3.8) is 0 Å². The monoisotopic (exact) mass is 391 g/mol. The number of hydrogen-bond acceptors (Lipinski definition) is 6. The topological polar surface area (TPSA) is 92.5 Å². The molecule has 142 valence electrons. The number of benzene rings is 1. The molecule has 0 N–H and O–H groups in total. The maximum Gasteiger partial charge on any atom is 0.246 e. The Morgan fingerprint density at radius 1 is 1.33 bits per heavy atom. The van der Waals surface area contributed by atoms with Crippen molar-refractivity contribution in [3.8, 4) is 17.7 Å². The van der Waals surface area contributed by atoms with Crippen LogP contribution in [0.15, 0.2) is 41.4 Å². The zero-order valence-electron chi connectivity index (χ0n) is 14.6. The van der Waals surface area contributed by atoms with Gasteiger partial charge in [0.15, 0.2) is 0 Å². The maximum absolute atomic E-state index is 13.6. The van der Waals surface area contributed by atoms with E-state index in [1.54, 1.807) is 6.07 Å². The lowest BCUT2D eigenvalue weighted by Crippen LogP contribution is -2.44. The van der Waals surface area contributed by atoms with Crippen molar-refractivity contribution >= 4 is 10.0 Å². The molecular weight excluding hydrogens is 373 g/mol. The second-order valence-electron chi connectivity index (χ2n) is 6.03. The van der Waals surface area contributed by atoms with Crippen LogP contribution in [0.25, 0.3) is 0 Å². The van der Waals surface area contributed by atoms with Gasteiger partial charge in [-0.25, -0.2) is 17.8 Å². The van der Waals surface area contributed by atoms with Crippen LogP contribution >= 0.6 is 0 Å². The summed E-state index contributed by atoms with van der Waals surface area (Å²) in [5.41, 5.74) is 0.407. The minimum Gasteiger partial charge on any atom is -0.495 e. The Hall–Kier alpha value is -2.70. The zero-order valence-corrected chi connectivity index (χ0v) is 15.4. The quantitative estimate of drug-likeness (QED) is 0.777. The molecule has 0 amide bonds. The number of rotatable bonds is 5. The maximum atomic E-state index is 13.6. The molecule has 1 aromatic heterocycles. The van der Waals surface area contributed by atoms with Crippen molar-refractivity contribution in [2.24, 2.45) is 0 Å². The molecule has 0 bridgehead atoms. The van der Waals surface area contributed by atoms with Crippen LogP contribution in [0, 0.1) is 17.1 Å². The lowest BCUT2D eigenvalue weighted by molar-refractivity contribution is 0.124. The molecule has 0 saturated carbocycles. The lowest BCUT2D eigenvalue weighted by atomic mass is 10.1. The van der Waals surface area contributed by atoms with Gasteiger partial charge in [0, 0.05) is 18.8 Å². The predicted molar refractivity (Wildman–Crippen MR) is 94.3 cm³/mol. The van der Waals surface area contributed by atoms with E-state index in [4.69, 9.17) is 14.7 Å². The van der Waals surface area contributed by atoms with E-state index < -0.39 is 21.9 Å². The number of ether oxygens (including phenoxy) is 2. The van der Waals surface area contributed by atoms with E-state index in [2.05, 4.69) is 4.98 Å². The highest BCUT2D eigenvalue weighted by Gasteiger charge is 2.33. The smallest absolute Gasteiger partial charge is 0.246 e. The van der Waals surface area contributed by atoms with Gasteiger partial charge in [0.2, 0.25) is 15.9 Å². The van der Waals surface area contributed by atoms with Crippen LogP contribution in [0.3, 0.4) is 0 Å². The minimum absolute atomic E-state index is 0.0860. The predicted octanol–water partition coefficient (Wildman–Crippen LogP) is 2.33. The summed E-state index contributed by atoms with van der Waals surface area (Å²) < 4.78 is 51.7. The Labute approximate surface area is 157 Å². The summed E-state index contributed by atoms with van der Waals surface area (Å²) in [4.78, 5) is 3.84. The van der Waals surface area contributed by atoms with Crippen molar-refractivity contribution in [1.82, 2.24) is 9.29 Å². The molecule has 9 heteroatoms. The highest BCUT2D eigenvalue weighted by molar-refractivity contribution is 7.89. The molecule has 2 heterocycles. The Kier molecular flexibility index (Phi) is 5.58. The highest BCUT2D eigenvalue weighted by Crippen LogP contribution is 2.30. The second kappa shape index (κ2) is 7.90. The molecule has 0 radical (unpaired) electrons. The molecule has 1 unspecified atom stereocenters. The van der Waals surface area contributed by atoms with Gasteiger partial charge < -0.3 is 9.47 Å². The standard InChI is InChI=1S/C18H18FN3O4S/c1-25-16-5-4-14(19)10-17(16)27(23,24)22-8-2-3-15(12-22)26-18-9-13(11-20)6-7-21-18/h4-7,9-10,15H,2-3,8,12H2,1H3. The molecular formula is C18H18FN3O4S. The lowest BCUT2D eigenvalue weighted by Gasteiger charge is -2.32. The number of methoxy groups -OCH3 is 1. The third kappa shape index (κ3) is 4.18. The van der Waals surface area contributed by atoms with E-state index in [0.29, 0.717) is 24.9 Å². The first kappa shape index (κ1) is 19.1. The first-order valence-corrected chi connectivity index (χ1v) is 9.74. The van der Waals surface area contributed by atoms with Crippen LogP contribution in [0.4, 0.5) is 4.39 Å². The SMILES string of the molecule is COc1ccc(F)cc1S(=O)(=O)N1CCCC(Oc2cc(C#N)ccn2)C1. The number of piperidine rings is 1. The van der Waals surface area contributed by atoms with Gasteiger partial charge in [-0.05, 0) is 37.1 Å².